The number of benzene rings is 1. The third-order valence-electron chi connectivity index (χ3n) is 4.25. The summed E-state index contributed by atoms with van der Waals surface area (Å²) in [6.07, 6.45) is 2.05. The molecule has 1 aliphatic rings. The molecule has 2 amide bonds. The lowest BCUT2D eigenvalue weighted by Gasteiger charge is -2.22. The number of carbonyl (C=O) groups excluding carboxylic acids is 2. The van der Waals surface area contributed by atoms with E-state index in [0.29, 0.717) is 32.5 Å². The Labute approximate surface area is 135 Å². The van der Waals surface area contributed by atoms with Crippen LogP contribution < -0.4 is 5.32 Å². The quantitative estimate of drug-likeness (QED) is 0.669. The van der Waals surface area contributed by atoms with E-state index < -0.39 is 5.41 Å². The summed E-state index contributed by atoms with van der Waals surface area (Å²) in [5.74, 6) is -0.524. The van der Waals surface area contributed by atoms with E-state index in [1.165, 1.54) is 19.2 Å². The fraction of sp³-hybridized carbons (Fsp3) is 0.529. The van der Waals surface area contributed by atoms with Gasteiger partial charge in [0.2, 0.25) is 0 Å². The number of aryl methyl sites for hydroxylation is 1. The van der Waals surface area contributed by atoms with E-state index >= 15 is 0 Å². The second-order valence-corrected chi connectivity index (χ2v) is 6.19. The second kappa shape index (κ2) is 7.44. The topological polar surface area (TPSA) is 58.6 Å². The molecule has 0 saturated carbocycles. The van der Waals surface area contributed by atoms with Crippen molar-refractivity contribution >= 4 is 12.0 Å². The molecule has 1 atom stereocenters. The molecule has 1 fully saturated rings. The van der Waals surface area contributed by atoms with Crippen LogP contribution in [0.2, 0.25) is 0 Å². The van der Waals surface area contributed by atoms with Gasteiger partial charge in [0.05, 0.1) is 12.5 Å². The Balaban J connectivity index is 1.72. The Morgan fingerprint density at radius 3 is 2.91 bits per heavy atom. The molecule has 0 bridgehead atoms. The van der Waals surface area contributed by atoms with Crippen molar-refractivity contribution in [2.45, 2.75) is 26.2 Å². The van der Waals surface area contributed by atoms with Gasteiger partial charge in [0.25, 0.3) is 0 Å². The van der Waals surface area contributed by atoms with Gasteiger partial charge in [0.15, 0.2) is 0 Å². The highest BCUT2D eigenvalue weighted by Gasteiger charge is 2.42. The lowest BCUT2D eigenvalue weighted by molar-refractivity contribution is -0.150. The Bertz CT molecular complexity index is 579. The molecule has 1 heterocycles. The minimum absolute atomic E-state index is 0.170. The number of urea groups is 1. The van der Waals surface area contributed by atoms with E-state index in [-0.39, 0.29) is 17.8 Å². The molecule has 1 aromatic rings. The zero-order valence-corrected chi connectivity index (χ0v) is 13.6. The van der Waals surface area contributed by atoms with Crippen molar-refractivity contribution < 1.29 is 18.7 Å². The van der Waals surface area contributed by atoms with Crippen molar-refractivity contribution in [3.05, 3.63) is 35.6 Å². The van der Waals surface area contributed by atoms with Crippen LogP contribution in [0.4, 0.5) is 9.18 Å². The number of likely N-dealkylation sites (tertiary alicyclic amines) is 1. The predicted octanol–water partition coefficient (Wildman–Crippen LogP) is 2.35. The average Bonchev–Trinajstić information content (AvgIpc) is 2.94. The van der Waals surface area contributed by atoms with Crippen LogP contribution in [0.25, 0.3) is 0 Å². The first kappa shape index (κ1) is 17.2. The van der Waals surface area contributed by atoms with Crippen LogP contribution in [0.5, 0.6) is 0 Å². The molecule has 1 aliphatic heterocycles. The maximum atomic E-state index is 13.1. The van der Waals surface area contributed by atoms with E-state index in [0.717, 1.165) is 12.0 Å². The van der Waals surface area contributed by atoms with Crippen LogP contribution in [0.3, 0.4) is 0 Å². The molecular weight excluding hydrogens is 299 g/mol. The molecule has 5 nitrogen and oxygen atoms in total. The lowest BCUT2D eigenvalue weighted by Crippen LogP contribution is -2.41. The number of methoxy groups -OCH3 is 1. The Morgan fingerprint density at radius 2 is 2.22 bits per heavy atom. The summed E-state index contributed by atoms with van der Waals surface area (Å²) in [5.41, 5.74) is 0.298. The summed E-state index contributed by atoms with van der Waals surface area (Å²) in [4.78, 5) is 25.5. The number of halogens is 1. The smallest absolute Gasteiger partial charge is 0.317 e. The van der Waals surface area contributed by atoms with Gasteiger partial charge in [-0.2, -0.15) is 0 Å². The SMILES string of the molecule is COC(=O)C1(C)CCN(C(=O)NCCCc2cccc(F)c2)C1. The molecule has 23 heavy (non-hydrogen) atoms. The highest BCUT2D eigenvalue weighted by Crippen LogP contribution is 2.31. The average molecular weight is 322 g/mol. The van der Waals surface area contributed by atoms with Crippen LogP contribution in [0.15, 0.2) is 24.3 Å². The summed E-state index contributed by atoms with van der Waals surface area (Å²) >= 11 is 0. The fourth-order valence-electron chi connectivity index (χ4n) is 2.84. The van der Waals surface area contributed by atoms with Crippen LogP contribution in [-0.2, 0) is 16.0 Å². The summed E-state index contributed by atoms with van der Waals surface area (Å²) in [7, 11) is 1.36. The molecule has 1 unspecified atom stereocenters. The van der Waals surface area contributed by atoms with E-state index in [1.807, 2.05) is 13.0 Å². The largest absolute Gasteiger partial charge is 0.469 e. The standard InChI is InChI=1S/C17H23FN2O3/c1-17(15(21)23-2)8-10-20(12-17)16(22)19-9-4-6-13-5-3-7-14(18)11-13/h3,5,7,11H,4,6,8-10,12H2,1-2H3,(H,19,22). The van der Waals surface area contributed by atoms with Crippen molar-refractivity contribution in [2.24, 2.45) is 5.41 Å². The van der Waals surface area contributed by atoms with Gasteiger partial charge in [-0.3, -0.25) is 4.79 Å². The fourth-order valence-corrected chi connectivity index (χ4v) is 2.84. The van der Waals surface area contributed by atoms with Gasteiger partial charge in [-0.25, -0.2) is 9.18 Å². The third-order valence-corrected chi connectivity index (χ3v) is 4.25. The zero-order chi connectivity index (χ0) is 16.9. The van der Waals surface area contributed by atoms with Crippen molar-refractivity contribution in [3.63, 3.8) is 0 Å². The van der Waals surface area contributed by atoms with Crippen LogP contribution in [0.1, 0.15) is 25.3 Å². The number of ether oxygens (including phenoxy) is 1. The van der Waals surface area contributed by atoms with E-state index in [1.54, 1.807) is 11.0 Å². The van der Waals surface area contributed by atoms with Gasteiger partial charge >= 0.3 is 12.0 Å². The minimum atomic E-state index is -0.617. The van der Waals surface area contributed by atoms with Gasteiger partial charge in [0, 0.05) is 19.6 Å². The van der Waals surface area contributed by atoms with Crippen LogP contribution in [-0.4, -0.2) is 43.6 Å². The van der Waals surface area contributed by atoms with Crippen molar-refractivity contribution in [3.8, 4) is 0 Å². The normalized spacial score (nSPS) is 20.4. The molecule has 0 aliphatic carbocycles. The summed E-state index contributed by atoms with van der Waals surface area (Å²) < 4.78 is 17.9. The number of nitrogens with zero attached hydrogens (tertiary/aromatic N) is 1. The highest BCUT2D eigenvalue weighted by atomic mass is 19.1. The molecule has 1 aromatic carbocycles. The molecule has 0 radical (unpaired) electrons. The second-order valence-electron chi connectivity index (χ2n) is 6.19. The van der Waals surface area contributed by atoms with Crippen molar-refractivity contribution in [2.75, 3.05) is 26.7 Å². The van der Waals surface area contributed by atoms with Gasteiger partial charge in [0.1, 0.15) is 5.82 Å². The molecule has 0 aromatic heterocycles. The summed E-state index contributed by atoms with van der Waals surface area (Å²) in [5, 5.41) is 2.85. The number of amides is 2. The number of nitrogens with one attached hydrogen (secondary N) is 1. The number of rotatable bonds is 5. The number of hydrogen-bond donors (Lipinski definition) is 1. The van der Waals surface area contributed by atoms with Crippen molar-refractivity contribution in [1.82, 2.24) is 10.2 Å². The molecule has 2 rings (SSSR count). The molecular formula is C17H23FN2O3. The number of carbonyl (C=O) groups is 2. The van der Waals surface area contributed by atoms with E-state index in [2.05, 4.69) is 5.32 Å². The monoisotopic (exact) mass is 322 g/mol. The first-order valence-corrected chi connectivity index (χ1v) is 7.80. The highest BCUT2D eigenvalue weighted by molar-refractivity contribution is 5.80. The zero-order valence-electron chi connectivity index (χ0n) is 13.6. The summed E-state index contributed by atoms with van der Waals surface area (Å²) in [6, 6.07) is 6.30. The molecule has 1 N–H and O–H groups in total. The number of esters is 1. The molecule has 126 valence electrons. The molecule has 6 heteroatoms. The minimum Gasteiger partial charge on any atom is -0.469 e. The maximum absolute atomic E-state index is 13.1. The Kier molecular flexibility index (Phi) is 5.58. The van der Waals surface area contributed by atoms with Crippen LogP contribution in [0, 0.1) is 11.2 Å². The van der Waals surface area contributed by atoms with Crippen LogP contribution >= 0.6 is 0 Å². The third kappa shape index (κ3) is 4.43. The van der Waals surface area contributed by atoms with Gasteiger partial charge < -0.3 is 15.0 Å². The van der Waals surface area contributed by atoms with Gasteiger partial charge in [-0.05, 0) is 43.9 Å². The Hall–Kier alpha value is -2.11. The van der Waals surface area contributed by atoms with Gasteiger partial charge in [-0.1, -0.05) is 12.1 Å². The predicted molar refractivity (Wildman–Crippen MR) is 84.4 cm³/mol. The maximum Gasteiger partial charge on any atom is 0.317 e. The number of hydrogen-bond acceptors (Lipinski definition) is 3. The van der Waals surface area contributed by atoms with E-state index in [4.69, 9.17) is 4.74 Å². The first-order chi connectivity index (χ1) is 10.9. The van der Waals surface area contributed by atoms with Crippen molar-refractivity contribution in [1.29, 1.82) is 0 Å². The van der Waals surface area contributed by atoms with Gasteiger partial charge in [-0.15, -0.1) is 0 Å². The van der Waals surface area contributed by atoms with E-state index in [9.17, 15) is 14.0 Å². The molecule has 1 saturated heterocycles. The summed E-state index contributed by atoms with van der Waals surface area (Å²) in [6.45, 7) is 3.24. The molecule has 0 spiro atoms. The Morgan fingerprint density at radius 1 is 1.43 bits per heavy atom. The lowest BCUT2D eigenvalue weighted by atomic mass is 9.90. The first-order valence-electron chi connectivity index (χ1n) is 7.80.